The molecule has 1 saturated heterocycles. The third-order valence-corrected chi connectivity index (χ3v) is 5.06. The summed E-state index contributed by atoms with van der Waals surface area (Å²) in [6.07, 6.45) is 3.19. The molecule has 2 aromatic carbocycles. The highest BCUT2D eigenvalue weighted by atomic mass is 16.6. The van der Waals surface area contributed by atoms with Gasteiger partial charge in [0.25, 0.3) is 11.8 Å². The molecule has 184 valence electrons. The molecule has 8 nitrogen and oxygen atoms in total. The number of imide groups is 1. The average molecular weight is 480 g/mol. The molecule has 3 rings (SSSR count). The SMILES string of the molecule is COc1cc(/C=C2/C(=O)N(CC(=O)OC(C)(C)C)C(=O)/C2=C/c2ccccc2)cc(OC)c1OC. The quantitative estimate of drug-likeness (QED) is 0.338. The van der Waals surface area contributed by atoms with Crippen LogP contribution in [0.15, 0.2) is 53.6 Å². The summed E-state index contributed by atoms with van der Waals surface area (Å²) in [7, 11) is 4.47. The number of ether oxygens (including phenoxy) is 4. The minimum Gasteiger partial charge on any atom is -0.493 e. The lowest BCUT2D eigenvalue weighted by molar-refractivity contribution is -0.160. The van der Waals surface area contributed by atoms with Crippen LogP contribution in [0.2, 0.25) is 0 Å². The van der Waals surface area contributed by atoms with Gasteiger partial charge in [0.1, 0.15) is 12.1 Å². The van der Waals surface area contributed by atoms with Gasteiger partial charge in [0.2, 0.25) is 5.75 Å². The number of rotatable bonds is 7. The molecule has 8 heteroatoms. The van der Waals surface area contributed by atoms with Gasteiger partial charge in [-0.15, -0.1) is 0 Å². The number of nitrogens with zero attached hydrogens (tertiary/aromatic N) is 1. The smallest absolute Gasteiger partial charge is 0.326 e. The van der Waals surface area contributed by atoms with Gasteiger partial charge in [0.15, 0.2) is 11.5 Å². The van der Waals surface area contributed by atoms with E-state index in [9.17, 15) is 14.4 Å². The van der Waals surface area contributed by atoms with Gasteiger partial charge in [0, 0.05) is 0 Å². The van der Waals surface area contributed by atoms with Crippen molar-refractivity contribution in [2.75, 3.05) is 27.9 Å². The summed E-state index contributed by atoms with van der Waals surface area (Å²) in [6.45, 7) is 4.66. The van der Waals surface area contributed by atoms with Crippen LogP contribution in [-0.4, -0.2) is 56.2 Å². The largest absolute Gasteiger partial charge is 0.493 e. The first-order valence-corrected chi connectivity index (χ1v) is 10.9. The molecular formula is C27H29NO7. The van der Waals surface area contributed by atoms with E-state index in [4.69, 9.17) is 18.9 Å². The molecule has 1 aliphatic rings. The second-order valence-corrected chi connectivity index (χ2v) is 8.77. The van der Waals surface area contributed by atoms with Crippen molar-refractivity contribution in [3.63, 3.8) is 0 Å². The number of amides is 2. The van der Waals surface area contributed by atoms with Crippen molar-refractivity contribution in [2.45, 2.75) is 26.4 Å². The number of carbonyl (C=O) groups excluding carboxylic acids is 3. The van der Waals surface area contributed by atoms with Crippen LogP contribution in [-0.2, 0) is 19.1 Å². The van der Waals surface area contributed by atoms with Gasteiger partial charge in [-0.25, -0.2) is 0 Å². The average Bonchev–Trinajstić information content (AvgIpc) is 3.02. The molecule has 2 amide bonds. The van der Waals surface area contributed by atoms with Gasteiger partial charge in [-0.2, -0.15) is 0 Å². The molecule has 0 bridgehead atoms. The van der Waals surface area contributed by atoms with Crippen LogP contribution in [0.3, 0.4) is 0 Å². The highest BCUT2D eigenvalue weighted by Gasteiger charge is 2.40. The second-order valence-electron chi connectivity index (χ2n) is 8.77. The van der Waals surface area contributed by atoms with E-state index in [-0.39, 0.29) is 11.1 Å². The third-order valence-electron chi connectivity index (χ3n) is 5.06. The normalized spacial score (nSPS) is 16.1. The van der Waals surface area contributed by atoms with Gasteiger partial charge in [-0.05, 0) is 56.2 Å². The fourth-order valence-electron chi connectivity index (χ4n) is 3.61. The first kappa shape index (κ1) is 25.6. The van der Waals surface area contributed by atoms with E-state index >= 15 is 0 Å². The van der Waals surface area contributed by atoms with E-state index in [2.05, 4.69) is 0 Å². The van der Waals surface area contributed by atoms with Crippen LogP contribution in [0.5, 0.6) is 17.2 Å². The topological polar surface area (TPSA) is 91.4 Å². The van der Waals surface area contributed by atoms with Crippen LogP contribution in [0.4, 0.5) is 0 Å². The van der Waals surface area contributed by atoms with Gasteiger partial charge in [-0.1, -0.05) is 30.3 Å². The lowest BCUT2D eigenvalue weighted by atomic mass is 10.0. The Bertz CT molecular complexity index is 1160. The Kier molecular flexibility index (Phi) is 7.64. The summed E-state index contributed by atoms with van der Waals surface area (Å²) >= 11 is 0. The molecule has 0 radical (unpaired) electrons. The first-order chi connectivity index (χ1) is 16.6. The van der Waals surface area contributed by atoms with Crippen LogP contribution in [0, 0.1) is 0 Å². The monoisotopic (exact) mass is 479 g/mol. The highest BCUT2D eigenvalue weighted by molar-refractivity contribution is 6.28. The Morgan fingerprint density at radius 3 is 1.80 bits per heavy atom. The van der Waals surface area contributed by atoms with Crippen LogP contribution < -0.4 is 14.2 Å². The molecular weight excluding hydrogens is 450 g/mol. The van der Waals surface area contributed by atoms with Gasteiger partial charge < -0.3 is 18.9 Å². The molecule has 0 spiro atoms. The van der Waals surface area contributed by atoms with Crippen molar-refractivity contribution in [1.29, 1.82) is 0 Å². The van der Waals surface area contributed by atoms with E-state index < -0.39 is 29.9 Å². The molecule has 35 heavy (non-hydrogen) atoms. The maximum absolute atomic E-state index is 13.4. The van der Waals surface area contributed by atoms with Crippen molar-refractivity contribution < 1.29 is 33.3 Å². The van der Waals surface area contributed by atoms with E-state index in [0.717, 1.165) is 10.5 Å². The molecule has 0 unspecified atom stereocenters. The van der Waals surface area contributed by atoms with Gasteiger partial charge >= 0.3 is 5.97 Å². The Morgan fingerprint density at radius 2 is 1.34 bits per heavy atom. The van der Waals surface area contributed by atoms with Crippen LogP contribution in [0.25, 0.3) is 12.2 Å². The number of hydrogen-bond acceptors (Lipinski definition) is 7. The maximum atomic E-state index is 13.4. The zero-order chi connectivity index (χ0) is 25.8. The van der Waals surface area contributed by atoms with Crippen LogP contribution >= 0.6 is 0 Å². The fraction of sp³-hybridized carbons (Fsp3) is 0.296. The van der Waals surface area contributed by atoms with E-state index in [1.54, 1.807) is 45.1 Å². The maximum Gasteiger partial charge on any atom is 0.326 e. The summed E-state index contributed by atoms with van der Waals surface area (Å²) in [5.74, 6) is -0.658. The highest BCUT2D eigenvalue weighted by Crippen LogP contribution is 2.39. The number of carbonyl (C=O) groups is 3. The van der Waals surface area contributed by atoms with Crippen molar-refractivity contribution >= 4 is 29.9 Å². The molecule has 1 aliphatic heterocycles. The number of benzene rings is 2. The Balaban J connectivity index is 2.10. The summed E-state index contributed by atoms with van der Waals surface area (Å²) in [4.78, 5) is 40.0. The minimum absolute atomic E-state index is 0.136. The Morgan fingerprint density at radius 1 is 0.829 bits per heavy atom. The van der Waals surface area contributed by atoms with E-state index in [1.165, 1.54) is 21.3 Å². The minimum atomic E-state index is -0.750. The van der Waals surface area contributed by atoms with E-state index in [1.807, 2.05) is 30.3 Å². The van der Waals surface area contributed by atoms with Crippen molar-refractivity contribution in [3.05, 3.63) is 64.7 Å². The molecule has 0 atom stereocenters. The fourth-order valence-corrected chi connectivity index (χ4v) is 3.61. The molecule has 2 aromatic rings. The Hall–Kier alpha value is -4.07. The number of likely N-dealkylation sites (tertiary alicyclic amines) is 1. The third kappa shape index (κ3) is 5.90. The molecule has 0 saturated carbocycles. The van der Waals surface area contributed by atoms with Crippen LogP contribution in [0.1, 0.15) is 31.9 Å². The molecule has 1 heterocycles. The first-order valence-electron chi connectivity index (χ1n) is 10.9. The molecule has 0 aromatic heterocycles. The summed E-state index contributed by atoms with van der Waals surface area (Å²) in [6, 6.07) is 12.5. The zero-order valence-corrected chi connectivity index (χ0v) is 20.7. The number of methoxy groups -OCH3 is 3. The number of hydrogen-bond donors (Lipinski definition) is 0. The molecule has 1 fully saturated rings. The molecule has 0 aliphatic carbocycles. The Labute approximate surface area is 204 Å². The van der Waals surface area contributed by atoms with Crippen molar-refractivity contribution in [2.24, 2.45) is 0 Å². The summed E-state index contributed by atoms with van der Waals surface area (Å²) < 4.78 is 21.5. The van der Waals surface area contributed by atoms with E-state index in [0.29, 0.717) is 22.8 Å². The summed E-state index contributed by atoms with van der Waals surface area (Å²) in [5, 5.41) is 0. The lowest BCUT2D eigenvalue weighted by Gasteiger charge is -2.21. The zero-order valence-electron chi connectivity index (χ0n) is 20.7. The number of esters is 1. The lowest BCUT2D eigenvalue weighted by Crippen LogP contribution is -2.38. The molecule has 0 N–H and O–H groups in total. The summed E-state index contributed by atoms with van der Waals surface area (Å²) in [5.41, 5.74) is 0.836. The predicted octanol–water partition coefficient (Wildman–Crippen LogP) is 3.89. The standard InChI is InChI=1S/C27H29NO7/c1-27(2,3)35-23(29)16-28-25(30)19(12-17-10-8-7-9-11-17)20(26(28)31)13-18-14-21(32-4)24(34-6)22(15-18)33-5/h7-15H,16H2,1-6H3/b19-12+,20-13+. The second kappa shape index (κ2) is 10.5. The van der Waals surface area contributed by atoms with Crippen molar-refractivity contribution in [1.82, 2.24) is 4.90 Å². The van der Waals surface area contributed by atoms with Gasteiger partial charge in [0.05, 0.1) is 32.5 Å². The predicted molar refractivity (Wildman–Crippen MR) is 131 cm³/mol. The van der Waals surface area contributed by atoms with Gasteiger partial charge in [-0.3, -0.25) is 19.3 Å². The van der Waals surface area contributed by atoms with Crippen molar-refractivity contribution in [3.8, 4) is 17.2 Å².